The maximum absolute atomic E-state index is 5.63. The predicted octanol–water partition coefficient (Wildman–Crippen LogP) is 3.63. The Kier molecular flexibility index (Phi) is 11.9. The minimum atomic E-state index is 0. The van der Waals surface area contributed by atoms with Gasteiger partial charge in [-0.25, -0.2) is 0 Å². The molecule has 2 rings (SSSR count). The molecule has 1 aromatic carbocycles. The van der Waals surface area contributed by atoms with Gasteiger partial charge in [-0.2, -0.15) is 0 Å². The number of rotatable bonds is 8. The van der Waals surface area contributed by atoms with E-state index in [1.165, 1.54) is 24.0 Å². The third-order valence-corrected chi connectivity index (χ3v) is 4.66. The molecule has 1 aliphatic heterocycles. The quantitative estimate of drug-likeness (QED) is 0.254. The Bertz CT molecular complexity index is 565. The summed E-state index contributed by atoms with van der Waals surface area (Å²) in [5.74, 6) is 1.63. The van der Waals surface area contributed by atoms with Crippen molar-refractivity contribution in [2.75, 3.05) is 33.3 Å². The van der Waals surface area contributed by atoms with E-state index in [4.69, 9.17) is 4.74 Å². The number of morpholine rings is 1. The van der Waals surface area contributed by atoms with E-state index in [1.54, 1.807) is 0 Å². The van der Waals surface area contributed by atoms with Crippen LogP contribution in [0.4, 0.5) is 0 Å². The van der Waals surface area contributed by atoms with Gasteiger partial charge in [0.1, 0.15) is 0 Å². The molecule has 1 aromatic rings. The monoisotopic (exact) mass is 488 g/mol. The highest BCUT2D eigenvalue weighted by atomic mass is 127. The Morgan fingerprint density at radius 3 is 2.78 bits per heavy atom. The van der Waals surface area contributed by atoms with Crippen molar-refractivity contribution in [2.24, 2.45) is 10.9 Å². The van der Waals surface area contributed by atoms with Crippen molar-refractivity contribution >= 4 is 29.9 Å². The van der Waals surface area contributed by atoms with Gasteiger partial charge in [0.15, 0.2) is 5.96 Å². The van der Waals surface area contributed by atoms with Crippen molar-refractivity contribution in [2.45, 2.75) is 52.8 Å². The Balaban J connectivity index is 0.00000364. The number of hydrogen-bond donors (Lipinski definition) is 2. The molecular weight excluding hydrogens is 451 g/mol. The van der Waals surface area contributed by atoms with Gasteiger partial charge in [0.05, 0.1) is 12.7 Å². The van der Waals surface area contributed by atoms with Crippen LogP contribution in [0.15, 0.2) is 29.3 Å². The second-order valence-corrected chi connectivity index (χ2v) is 7.63. The zero-order chi connectivity index (χ0) is 18.8. The summed E-state index contributed by atoms with van der Waals surface area (Å²) in [6.45, 7) is 12.3. The molecule has 27 heavy (non-hydrogen) atoms. The molecular formula is C21H37IN4O. The first-order chi connectivity index (χ1) is 12.6. The first-order valence-electron chi connectivity index (χ1n) is 9.93. The standard InChI is InChI=1S/C21H36N4O.HI/c1-17(2)7-6-10-23-21(22-4)24-14-19-8-5-9-20(13-19)16-25-11-12-26-18(3)15-25;/h5,8-9,13,17-18H,6-7,10-12,14-16H2,1-4H3,(H2,22,23,24);1H. The van der Waals surface area contributed by atoms with E-state index in [9.17, 15) is 0 Å². The number of guanidine groups is 1. The van der Waals surface area contributed by atoms with Crippen molar-refractivity contribution in [3.63, 3.8) is 0 Å². The van der Waals surface area contributed by atoms with Gasteiger partial charge in [0, 0.05) is 39.8 Å². The first-order valence-corrected chi connectivity index (χ1v) is 9.93. The summed E-state index contributed by atoms with van der Waals surface area (Å²) in [6, 6.07) is 8.82. The number of ether oxygens (including phenoxy) is 1. The number of halogens is 1. The summed E-state index contributed by atoms with van der Waals surface area (Å²) in [6.07, 6.45) is 2.75. The first kappa shape index (κ1) is 24.2. The molecule has 0 spiro atoms. The highest BCUT2D eigenvalue weighted by molar-refractivity contribution is 14.0. The minimum Gasteiger partial charge on any atom is -0.376 e. The molecule has 5 nitrogen and oxygen atoms in total. The molecule has 2 N–H and O–H groups in total. The van der Waals surface area contributed by atoms with E-state index in [2.05, 4.69) is 65.6 Å². The molecule has 0 aliphatic carbocycles. The number of hydrogen-bond acceptors (Lipinski definition) is 3. The number of nitrogens with one attached hydrogen (secondary N) is 2. The predicted molar refractivity (Wildman–Crippen MR) is 125 cm³/mol. The lowest BCUT2D eigenvalue weighted by Crippen LogP contribution is -2.40. The Labute approximate surface area is 182 Å². The van der Waals surface area contributed by atoms with E-state index < -0.39 is 0 Å². The molecule has 1 fully saturated rings. The van der Waals surface area contributed by atoms with Crippen LogP contribution in [0.3, 0.4) is 0 Å². The van der Waals surface area contributed by atoms with Gasteiger partial charge in [0.25, 0.3) is 0 Å². The lowest BCUT2D eigenvalue weighted by Gasteiger charge is -2.31. The van der Waals surface area contributed by atoms with Gasteiger partial charge in [-0.15, -0.1) is 24.0 Å². The van der Waals surface area contributed by atoms with Crippen molar-refractivity contribution < 1.29 is 4.74 Å². The summed E-state index contributed by atoms with van der Waals surface area (Å²) in [5, 5.41) is 6.81. The summed E-state index contributed by atoms with van der Waals surface area (Å²) in [4.78, 5) is 6.78. The van der Waals surface area contributed by atoms with Gasteiger partial charge in [0.2, 0.25) is 0 Å². The van der Waals surface area contributed by atoms with Gasteiger partial charge in [-0.1, -0.05) is 38.1 Å². The topological polar surface area (TPSA) is 48.9 Å². The molecule has 0 radical (unpaired) electrons. The van der Waals surface area contributed by atoms with E-state index >= 15 is 0 Å². The minimum absolute atomic E-state index is 0. The molecule has 1 heterocycles. The van der Waals surface area contributed by atoms with Gasteiger partial charge >= 0.3 is 0 Å². The van der Waals surface area contributed by atoms with Crippen LogP contribution in [0.2, 0.25) is 0 Å². The van der Waals surface area contributed by atoms with Crippen LogP contribution in [0.25, 0.3) is 0 Å². The third kappa shape index (κ3) is 9.76. The molecule has 1 aliphatic rings. The van der Waals surface area contributed by atoms with E-state index in [0.717, 1.165) is 51.2 Å². The summed E-state index contributed by atoms with van der Waals surface area (Å²) < 4.78 is 5.63. The van der Waals surface area contributed by atoms with Crippen LogP contribution in [-0.2, 0) is 17.8 Å². The zero-order valence-electron chi connectivity index (χ0n) is 17.3. The maximum atomic E-state index is 5.63. The maximum Gasteiger partial charge on any atom is 0.191 e. The Morgan fingerprint density at radius 2 is 2.07 bits per heavy atom. The molecule has 1 unspecified atom stereocenters. The van der Waals surface area contributed by atoms with Gasteiger partial charge < -0.3 is 15.4 Å². The highest BCUT2D eigenvalue weighted by Crippen LogP contribution is 2.12. The average Bonchev–Trinajstić information content (AvgIpc) is 2.61. The second-order valence-electron chi connectivity index (χ2n) is 7.63. The fourth-order valence-corrected chi connectivity index (χ4v) is 3.25. The van der Waals surface area contributed by atoms with Crippen LogP contribution in [0.5, 0.6) is 0 Å². The van der Waals surface area contributed by atoms with Crippen LogP contribution in [-0.4, -0.2) is 50.3 Å². The molecule has 6 heteroatoms. The van der Waals surface area contributed by atoms with Crippen molar-refractivity contribution in [1.29, 1.82) is 0 Å². The summed E-state index contributed by atoms with van der Waals surface area (Å²) >= 11 is 0. The van der Waals surface area contributed by atoms with Crippen molar-refractivity contribution in [3.05, 3.63) is 35.4 Å². The molecule has 0 aromatic heterocycles. The molecule has 0 bridgehead atoms. The zero-order valence-corrected chi connectivity index (χ0v) is 19.7. The smallest absolute Gasteiger partial charge is 0.191 e. The Morgan fingerprint density at radius 1 is 1.30 bits per heavy atom. The fourth-order valence-electron chi connectivity index (χ4n) is 3.25. The SMILES string of the molecule is CN=C(NCCCC(C)C)NCc1cccc(CN2CCOC(C)C2)c1.I. The Hall–Kier alpha value is -0.860. The average molecular weight is 488 g/mol. The van der Waals surface area contributed by atoms with Crippen LogP contribution < -0.4 is 10.6 Å². The largest absolute Gasteiger partial charge is 0.376 e. The normalized spacial score (nSPS) is 18.3. The fraction of sp³-hybridized carbons (Fsp3) is 0.667. The lowest BCUT2D eigenvalue weighted by atomic mass is 10.1. The summed E-state index contributed by atoms with van der Waals surface area (Å²) in [5.41, 5.74) is 2.65. The third-order valence-electron chi connectivity index (χ3n) is 4.66. The van der Waals surface area contributed by atoms with Gasteiger partial charge in [-0.3, -0.25) is 9.89 Å². The second kappa shape index (κ2) is 13.3. The highest BCUT2D eigenvalue weighted by Gasteiger charge is 2.16. The molecule has 154 valence electrons. The number of aliphatic imine (C=N–C) groups is 1. The molecule has 1 saturated heterocycles. The molecule has 0 amide bonds. The van der Waals surface area contributed by atoms with Crippen molar-refractivity contribution in [3.8, 4) is 0 Å². The molecule has 1 atom stereocenters. The van der Waals surface area contributed by atoms with Gasteiger partial charge in [-0.05, 0) is 36.8 Å². The number of benzene rings is 1. The van der Waals surface area contributed by atoms with Crippen LogP contribution in [0, 0.1) is 5.92 Å². The number of nitrogens with zero attached hydrogens (tertiary/aromatic N) is 2. The van der Waals surface area contributed by atoms with E-state index in [0.29, 0.717) is 6.10 Å². The lowest BCUT2D eigenvalue weighted by molar-refractivity contribution is -0.0212. The summed E-state index contributed by atoms with van der Waals surface area (Å²) in [7, 11) is 1.83. The van der Waals surface area contributed by atoms with Crippen LogP contribution >= 0.6 is 24.0 Å². The van der Waals surface area contributed by atoms with Crippen LogP contribution in [0.1, 0.15) is 44.7 Å². The van der Waals surface area contributed by atoms with E-state index in [-0.39, 0.29) is 24.0 Å². The molecule has 0 saturated carbocycles. The van der Waals surface area contributed by atoms with Crippen molar-refractivity contribution in [1.82, 2.24) is 15.5 Å². The van der Waals surface area contributed by atoms with E-state index in [1.807, 2.05) is 7.05 Å².